The quantitative estimate of drug-likeness (QED) is 0.798. The first-order valence-corrected chi connectivity index (χ1v) is 6.84. The smallest absolute Gasteiger partial charge is 0.407 e. The number of nitrogens with one attached hydrogen (secondary N) is 1. The molecule has 0 unspecified atom stereocenters. The van der Waals surface area contributed by atoms with E-state index in [1.54, 1.807) is 0 Å². The second-order valence-electron chi connectivity index (χ2n) is 6.23. The van der Waals surface area contributed by atoms with Crippen LogP contribution >= 0.6 is 0 Å². The number of carbonyl (C=O) groups is 1. The minimum absolute atomic E-state index is 0.322. The van der Waals surface area contributed by atoms with Crippen LogP contribution in [0.1, 0.15) is 33.6 Å². The van der Waals surface area contributed by atoms with Gasteiger partial charge in [0, 0.05) is 19.6 Å². The first-order valence-electron chi connectivity index (χ1n) is 6.84. The fourth-order valence-electron chi connectivity index (χ4n) is 2.15. The topological polar surface area (TPSA) is 65.4 Å². The van der Waals surface area contributed by atoms with Crippen LogP contribution in [0.4, 0.5) is 4.79 Å². The van der Waals surface area contributed by atoms with Crippen molar-refractivity contribution in [2.24, 2.45) is 5.41 Å². The van der Waals surface area contributed by atoms with Gasteiger partial charge in [-0.05, 0) is 33.6 Å². The average Bonchev–Trinajstić information content (AvgIpc) is 2.37. The van der Waals surface area contributed by atoms with Gasteiger partial charge in [0.15, 0.2) is 0 Å². The van der Waals surface area contributed by atoms with Crippen LogP contribution < -0.4 is 5.32 Å². The summed E-state index contributed by atoms with van der Waals surface area (Å²) < 4.78 is 5.18. The molecule has 0 bridgehead atoms. The third-order valence-electron chi connectivity index (χ3n) is 3.34. The SMILES string of the molecule is C#CCN1CCC(C#N)(CNC(=O)OC(C)(C)C)CC1. The Labute approximate surface area is 121 Å². The fraction of sp³-hybridized carbons (Fsp3) is 0.733. The maximum absolute atomic E-state index is 11.6. The number of rotatable bonds is 3. The number of piperidine rings is 1. The lowest BCUT2D eigenvalue weighted by molar-refractivity contribution is 0.0492. The van der Waals surface area contributed by atoms with Crippen molar-refractivity contribution in [2.75, 3.05) is 26.2 Å². The molecule has 0 spiro atoms. The van der Waals surface area contributed by atoms with E-state index < -0.39 is 17.1 Å². The van der Waals surface area contributed by atoms with E-state index in [1.807, 2.05) is 20.8 Å². The Hall–Kier alpha value is -1.72. The molecule has 0 atom stereocenters. The molecule has 0 saturated carbocycles. The summed E-state index contributed by atoms with van der Waals surface area (Å²) in [6.45, 7) is 7.94. The molecule has 1 fully saturated rings. The Balaban J connectivity index is 2.47. The number of ether oxygens (including phenoxy) is 1. The minimum Gasteiger partial charge on any atom is -0.444 e. The van der Waals surface area contributed by atoms with E-state index in [9.17, 15) is 10.1 Å². The molecule has 1 aliphatic heterocycles. The maximum Gasteiger partial charge on any atom is 0.407 e. The Morgan fingerprint density at radius 3 is 2.50 bits per heavy atom. The molecular weight excluding hydrogens is 254 g/mol. The molecule has 1 rings (SSSR count). The second-order valence-corrected chi connectivity index (χ2v) is 6.23. The van der Waals surface area contributed by atoms with E-state index in [1.165, 1.54) is 0 Å². The molecular formula is C15H23N3O2. The van der Waals surface area contributed by atoms with Gasteiger partial charge in [0.25, 0.3) is 0 Å². The lowest BCUT2D eigenvalue weighted by Gasteiger charge is -2.36. The van der Waals surface area contributed by atoms with E-state index in [2.05, 4.69) is 22.2 Å². The van der Waals surface area contributed by atoms with E-state index in [4.69, 9.17) is 11.2 Å². The number of likely N-dealkylation sites (tertiary alicyclic amines) is 1. The predicted molar refractivity (Wildman–Crippen MR) is 76.8 cm³/mol. The highest BCUT2D eigenvalue weighted by molar-refractivity contribution is 5.67. The van der Waals surface area contributed by atoms with Gasteiger partial charge in [-0.3, -0.25) is 4.90 Å². The molecule has 1 saturated heterocycles. The molecule has 1 heterocycles. The van der Waals surface area contributed by atoms with Crippen molar-refractivity contribution in [3.05, 3.63) is 0 Å². The Morgan fingerprint density at radius 2 is 2.05 bits per heavy atom. The summed E-state index contributed by atoms with van der Waals surface area (Å²) in [7, 11) is 0. The number of amides is 1. The summed E-state index contributed by atoms with van der Waals surface area (Å²) in [5.74, 6) is 2.61. The maximum atomic E-state index is 11.6. The zero-order valence-corrected chi connectivity index (χ0v) is 12.5. The molecule has 5 nitrogen and oxygen atoms in total. The number of terminal acetylenes is 1. The molecule has 1 aliphatic rings. The summed E-state index contributed by atoms with van der Waals surface area (Å²) >= 11 is 0. The van der Waals surface area contributed by atoms with Crippen molar-refractivity contribution >= 4 is 6.09 Å². The average molecular weight is 277 g/mol. The van der Waals surface area contributed by atoms with Crippen LogP contribution in [-0.4, -0.2) is 42.8 Å². The van der Waals surface area contributed by atoms with Gasteiger partial charge < -0.3 is 10.1 Å². The number of alkyl carbamates (subject to hydrolysis) is 1. The first-order chi connectivity index (χ1) is 9.30. The van der Waals surface area contributed by atoms with Gasteiger partial charge in [-0.15, -0.1) is 6.42 Å². The van der Waals surface area contributed by atoms with Crippen LogP contribution in [-0.2, 0) is 4.74 Å². The zero-order valence-electron chi connectivity index (χ0n) is 12.5. The first kappa shape index (κ1) is 16.3. The van der Waals surface area contributed by atoms with Crippen LogP contribution in [0.5, 0.6) is 0 Å². The van der Waals surface area contributed by atoms with Gasteiger partial charge in [-0.25, -0.2) is 4.79 Å². The van der Waals surface area contributed by atoms with E-state index in [0.717, 1.165) is 13.1 Å². The lowest BCUT2D eigenvalue weighted by Crippen LogP contribution is -2.46. The number of hydrogen-bond acceptors (Lipinski definition) is 4. The molecule has 0 aromatic heterocycles. The van der Waals surface area contributed by atoms with Crippen LogP contribution in [0.15, 0.2) is 0 Å². The monoisotopic (exact) mass is 277 g/mol. The molecule has 0 aliphatic carbocycles. The highest BCUT2D eigenvalue weighted by atomic mass is 16.6. The second kappa shape index (κ2) is 6.63. The molecule has 0 aromatic rings. The van der Waals surface area contributed by atoms with Crippen molar-refractivity contribution in [3.8, 4) is 18.4 Å². The van der Waals surface area contributed by atoms with Crippen molar-refractivity contribution in [3.63, 3.8) is 0 Å². The minimum atomic E-state index is -0.528. The Bertz CT molecular complexity index is 418. The summed E-state index contributed by atoms with van der Waals surface area (Å²) in [4.78, 5) is 13.8. The number of nitriles is 1. The van der Waals surface area contributed by atoms with Crippen molar-refractivity contribution < 1.29 is 9.53 Å². The summed E-state index contributed by atoms with van der Waals surface area (Å²) in [5, 5.41) is 12.1. The fourth-order valence-corrected chi connectivity index (χ4v) is 2.15. The van der Waals surface area contributed by atoms with Crippen LogP contribution in [0.2, 0.25) is 0 Å². The normalized spacial score (nSPS) is 18.6. The third kappa shape index (κ3) is 5.11. The highest BCUT2D eigenvalue weighted by Gasteiger charge is 2.35. The van der Waals surface area contributed by atoms with Gasteiger partial charge in [0.2, 0.25) is 0 Å². The lowest BCUT2D eigenvalue weighted by atomic mass is 9.79. The number of carbonyl (C=O) groups excluding carboxylic acids is 1. The van der Waals surface area contributed by atoms with E-state index in [0.29, 0.717) is 25.9 Å². The number of nitrogens with zero attached hydrogens (tertiary/aromatic N) is 2. The van der Waals surface area contributed by atoms with E-state index in [-0.39, 0.29) is 0 Å². The standard InChI is InChI=1S/C15H23N3O2/c1-5-8-18-9-6-15(11-16,7-10-18)12-17-13(19)20-14(2,3)4/h1H,6-10,12H2,2-4H3,(H,17,19). The van der Waals surface area contributed by atoms with Crippen LogP contribution in [0, 0.1) is 29.1 Å². The molecule has 110 valence electrons. The summed E-state index contributed by atoms with van der Waals surface area (Å²) in [5.41, 5.74) is -1.04. The predicted octanol–water partition coefficient (Wildman–Crippen LogP) is 1.75. The molecule has 5 heteroatoms. The van der Waals surface area contributed by atoms with Gasteiger partial charge >= 0.3 is 6.09 Å². The molecule has 20 heavy (non-hydrogen) atoms. The summed E-state index contributed by atoms with van der Waals surface area (Å²) in [6, 6.07) is 2.35. The van der Waals surface area contributed by atoms with Gasteiger partial charge in [0.1, 0.15) is 5.60 Å². The summed E-state index contributed by atoms with van der Waals surface area (Å²) in [6.07, 6.45) is 6.23. The molecule has 0 aromatic carbocycles. The van der Waals surface area contributed by atoms with Crippen LogP contribution in [0.3, 0.4) is 0 Å². The molecule has 1 N–H and O–H groups in total. The number of hydrogen-bond donors (Lipinski definition) is 1. The third-order valence-corrected chi connectivity index (χ3v) is 3.34. The van der Waals surface area contributed by atoms with Gasteiger partial charge in [-0.1, -0.05) is 5.92 Å². The zero-order chi connectivity index (χ0) is 15.2. The van der Waals surface area contributed by atoms with Crippen molar-refractivity contribution in [1.29, 1.82) is 5.26 Å². The van der Waals surface area contributed by atoms with Crippen LogP contribution in [0.25, 0.3) is 0 Å². The molecule has 0 radical (unpaired) electrons. The van der Waals surface area contributed by atoms with E-state index >= 15 is 0 Å². The van der Waals surface area contributed by atoms with Crippen molar-refractivity contribution in [2.45, 2.75) is 39.2 Å². The van der Waals surface area contributed by atoms with Gasteiger partial charge in [-0.2, -0.15) is 5.26 Å². The highest BCUT2D eigenvalue weighted by Crippen LogP contribution is 2.30. The Morgan fingerprint density at radius 1 is 1.45 bits per heavy atom. The van der Waals surface area contributed by atoms with Gasteiger partial charge in [0.05, 0.1) is 18.0 Å². The largest absolute Gasteiger partial charge is 0.444 e. The Kier molecular flexibility index (Phi) is 5.42. The van der Waals surface area contributed by atoms with Crippen molar-refractivity contribution in [1.82, 2.24) is 10.2 Å². The molecule has 1 amide bonds.